The van der Waals surface area contributed by atoms with Gasteiger partial charge in [0.15, 0.2) is 0 Å². The summed E-state index contributed by atoms with van der Waals surface area (Å²) < 4.78 is 1.15. The Hall–Kier alpha value is -1.54. The summed E-state index contributed by atoms with van der Waals surface area (Å²) in [6.07, 6.45) is 0.403. The molecule has 0 atom stereocenters. The maximum absolute atomic E-state index is 8.94. The van der Waals surface area contributed by atoms with Crippen LogP contribution >= 0.6 is 27.7 Å². The Morgan fingerprint density at radius 3 is 2.48 bits per heavy atom. The number of aryl methyl sites for hydroxylation is 1. The Balaban J connectivity index is 0.000000593. The average molecular weight is 397 g/mol. The molecular formula is C16H21BrN4OS. The number of amides is 1. The summed E-state index contributed by atoms with van der Waals surface area (Å²) in [4.78, 5) is 10.2. The van der Waals surface area contributed by atoms with Gasteiger partial charge in [0, 0.05) is 22.2 Å². The van der Waals surface area contributed by atoms with E-state index in [4.69, 9.17) is 10.6 Å². The summed E-state index contributed by atoms with van der Waals surface area (Å²) in [5, 5.41) is 1.68. The highest BCUT2D eigenvalue weighted by Crippen LogP contribution is 2.35. The van der Waals surface area contributed by atoms with Crippen molar-refractivity contribution in [2.45, 2.75) is 17.6 Å². The molecule has 0 saturated heterocycles. The zero-order valence-electron chi connectivity index (χ0n) is 13.1. The molecule has 5 nitrogen and oxygen atoms in total. The maximum atomic E-state index is 8.94. The van der Waals surface area contributed by atoms with Crippen LogP contribution in [0.4, 0.5) is 5.69 Å². The number of thioether (sulfide) groups is 1. The molecule has 0 aromatic heterocycles. The predicted molar refractivity (Wildman–Crippen MR) is 101 cm³/mol. The van der Waals surface area contributed by atoms with E-state index in [1.807, 2.05) is 30.9 Å². The highest BCUT2D eigenvalue weighted by atomic mass is 79.9. The number of anilines is 1. The summed E-state index contributed by atoms with van der Waals surface area (Å²) in [5.41, 5.74) is 5.37. The van der Waals surface area contributed by atoms with Gasteiger partial charge in [-0.3, -0.25) is 10.2 Å². The van der Waals surface area contributed by atoms with Crippen LogP contribution in [0, 0.1) is 6.92 Å². The first-order valence-electron chi connectivity index (χ1n) is 6.85. The molecular weight excluding hydrogens is 376 g/mol. The van der Waals surface area contributed by atoms with E-state index in [1.54, 1.807) is 10.4 Å². The van der Waals surface area contributed by atoms with Crippen molar-refractivity contribution in [2.75, 3.05) is 12.1 Å². The number of carbonyl (C=O) groups is 1. The van der Waals surface area contributed by atoms with Crippen molar-refractivity contribution in [3.8, 4) is 0 Å². The van der Waals surface area contributed by atoms with Gasteiger partial charge >= 0.3 is 0 Å². The van der Waals surface area contributed by atoms with Gasteiger partial charge < -0.3 is 5.01 Å². The first kappa shape index (κ1) is 19.5. The lowest BCUT2D eigenvalue weighted by Crippen LogP contribution is -2.25. The molecule has 23 heavy (non-hydrogen) atoms. The molecule has 0 spiro atoms. The fourth-order valence-corrected chi connectivity index (χ4v) is 3.69. The third-order valence-electron chi connectivity index (χ3n) is 2.97. The van der Waals surface area contributed by atoms with E-state index in [1.165, 1.54) is 16.0 Å². The minimum atomic E-state index is 0.403. The molecule has 0 saturated carbocycles. The van der Waals surface area contributed by atoms with Crippen LogP contribution in [-0.4, -0.2) is 13.5 Å². The van der Waals surface area contributed by atoms with Crippen molar-refractivity contribution >= 4 is 39.8 Å². The number of nitrogens with two attached hydrogens (primary N) is 2. The smallest absolute Gasteiger partial charge is 0.221 e. The number of hydrogen-bond donors (Lipinski definition) is 3. The van der Waals surface area contributed by atoms with E-state index in [0.29, 0.717) is 6.41 Å². The normalized spacial score (nSPS) is 9.61. The van der Waals surface area contributed by atoms with E-state index in [0.717, 1.165) is 15.9 Å². The molecule has 0 unspecified atom stereocenters. The second-order valence-electron chi connectivity index (χ2n) is 4.70. The molecule has 5 N–H and O–H groups in total. The lowest BCUT2D eigenvalue weighted by Gasteiger charge is -2.18. The minimum Gasteiger partial charge on any atom is -0.313 e. The Morgan fingerprint density at radius 2 is 1.91 bits per heavy atom. The molecule has 0 radical (unpaired) electrons. The molecule has 0 heterocycles. The fraction of sp³-hybridized carbons (Fsp3) is 0.188. The van der Waals surface area contributed by atoms with Crippen molar-refractivity contribution in [1.82, 2.24) is 5.43 Å². The van der Waals surface area contributed by atoms with Gasteiger partial charge in [-0.25, -0.2) is 11.7 Å². The van der Waals surface area contributed by atoms with E-state index in [9.17, 15) is 0 Å². The number of benzene rings is 2. The van der Waals surface area contributed by atoms with Gasteiger partial charge in [0.2, 0.25) is 6.41 Å². The molecule has 0 fully saturated rings. The minimum absolute atomic E-state index is 0.403. The third-order valence-corrected chi connectivity index (χ3v) is 5.02. The van der Waals surface area contributed by atoms with Gasteiger partial charge in [0.25, 0.3) is 0 Å². The van der Waals surface area contributed by atoms with E-state index >= 15 is 0 Å². The van der Waals surface area contributed by atoms with Crippen molar-refractivity contribution in [2.24, 2.45) is 11.7 Å². The van der Waals surface area contributed by atoms with Crippen LogP contribution in [0.2, 0.25) is 0 Å². The van der Waals surface area contributed by atoms with Crippen LogP contribution in [0.3, 0.4) is 0 Å². The number of nitrogens with one attached hydrogen (secondary N) is 1. The van der Waals surface area contributed by atoms with Gasteiger partial charge in [-0.15, -0.1) is 11.8 Å². The van der Waals surface area contributed by atoms with Gasteiger partial charge in [0.1, 0.15) is 0 Å². The predicted octanol–water partition coefficient (Wildman–Crippen LogP) is 2.97. The number of hydrazine groups is 2. The summed E-state index contributed by atoms with van der Waals surface area (Å²) in [6.45, 7) is 2.12. The number of hydrogen-bond acceptors (Lipinski definition) is 5. The number of carbonyl (C=O) groups excluding carboxylic acids is 1. The quantitative estimate of drug-likeness (QED) is 0.238. The molecule has 2 aromatic rings. The summed E-state index contributed by atoms with van der Waals surface area (Å²) >= 11 is 5.40. The van der Waals surface area contributed by atoms with Crippen molar-refractivity contribution < 1.29 is 4.79 Å². The Bertz CT molecular complexity index is 637. The second-order valence-corrected chi connectivity index (χ2v) is 6.54. The molecule has 0 aliphatic rings. The second kappa shape index (κ2) is 10.3. The first-order chi connectivity index (χ1) is 11.0. The van der Waals surface area contributed by atoms with Crippen LogP contribution in [0.5, 0.6) is 0 Å². The standard InChI is InChI=1S/C15H17BrN2S.CH4N2O/c1-11-6-5-9-14(18(2)17)15(11)19-10-12-7-3-4-8-13(12)16;2-3-1-4/h3-9H,10,17H2,1-2H3;1H,2H2,(H,3,4). The lowest BCUT2D eigenvalue weighted by atomic mass is 10.2. The van der Waals surface area contributed by atoms with E-state index < -0.39 is 0 Å². The monoisotopic (exact) mass is 396 g/mol. The maximum Gasteiger partial charge on any atom is 0.221 e. The molecule has 2 rings (SSSR count). The van der Waals surface area contributed by atoms with E-state index in [2.05, 4.69) is 59.0 Å². The topological polar surface area (TPSA) is 84.4 Å². The number of nitrogens with zero attached hydrogens (tertiary/aromatic N) is 1. The molecule has 1 amide bonds. The Labute approximate surface area is 149 Å². The molecule has 0 bridgehead atoms. The van der Waals surface area contributed by atoms with Crippen LogP contribution in [0.1, 0.15) is 11.1 Å². The lowest BCUT2D eigenvalue weighted by molar-refractivity contribution is -0.109. The SMILES string of the molecule is Cc1cccc(N(C)N)c1SCc1ccccc1Br.NNC=O. The zero-order chi connectivity index (χ0) is 17.2. The van der Waals surface area contributed by atoms with Crippen molar-refractivity contribution in [1.29, 1.82) is 0 Å². The fourth-order valence-electron chi connectivity index (χ4n) is 1.87. The molecule has 0 aliphatic heterocycles. The first-order valence-corrected chi connectivity index (χ1v) is 8.63. The van der Waals surface area contributed by atoms with E-state index in [-0.39, 0.29) is 0 Å². The van der Waals surface area contributed by atoms with Gasteiger partial charge in [-0.2, -0.15) is 0 Å². The summed E-state index contributed by atoms with van der Waals surface area (Å²) in [7, 11) is 1.87. The highest BCUT2D eigenvalue weighted by Gasteiger charge is 2.09. The number of halogens is 1. The number of rotatable bonds is 5. The van der Waals surface area contributed by atoms with Crippen LogP contribution in [0.15, 0.2) is 51.8 Å². The van der Waals surface area contributed by atoms with Crippen LogP contribution in [0.25, 0.3) is 0 Å². The van der Waals surface area contributed by atoms with Crippen LogP contribution < -0.4 is 22.1 Å². The van der Waals surface area contributed by atoms with Gasteiger partial charge in [0.05, 0.1) is 5.69 Å². The zero-order valence-corrected chi connectivity index (χ0v) is 15.5. The Morgan fingerprint density at radius 1 is 1.26 bits per heavy atom. The average Bonchev–Trinajstić information content (AvgIpc) is 2.55. The van der Waals surface area contributed by atoms with Crippen molar-refractivity contribution in [3.63, 3.8) is 0 Å². The molecule has 7 heteroatoms. The molecule has 124 valence electrons. The highest BCUT2D eigenvalue weighted by molar-refractivity contribution is 9.10. The van der Waals surface area contributed by atoms with Crippen LogP contribution in [-0.2, 0) is 10.5 Å². The molecule has 0 aliphatic carbocycles. The Kier molecular flexibility index (Phi) is 8.71. The summed E-state index contributed by atoms with van der Waals surface area (Å²) in [5.74, 6) is 11.2. The van der Waals surface area contributed by atoms with Crippen molar-refractivity contribution in [3.05, 3.63) is 58.1 Å². The third kappa shape index (κ3) is 6.23. The summed E-state index contributed by atoms with van der Waals surface area (Å²) in [6, 6.07) is 14.5. The van der Waals surface area contributed by atoms with Gasteiger partial charge in [-0.1, -0.05) is 46.3 Å². The van der Waals surface area contributed by atoms with Gasteiger partial charge in [-0.05, 0) is 30.2 Å². The molecule has 2 aromatic carbocycles. The largest absolute Gasteiger partial charge is 0.313 e.